The maximum Gasteiger partial charge on any atom is 0.309 e. The number of carbonyl (C=O) groups excluding carboxylic acids is 2. The predicted octanol–water partition coefficient (Wildman–Crippen LogP) is 0.677. The van der Waals surface area contributed by atoms with Crippen molar-refractivity contribution in [3.8, 4) is 0 Å². The molecule has 0 aromatic heterocycles. The van der Waals surface area contributed by atoms with E-state index < -0.39 is 0 Å². The topological polar surface area (TPSA) is 77.7 Å². The van der Waals surface area contributed by atoms with Gasteiger partial charge in [0.2, 0.25) is 0 Å². The van der Waals surface area contributed by atoms with E-state index in [1.54, 1.807) is 0 Å². The van der Waals surface area contributed by atoms with Crippen molar-refractivity contribution in [2.24, 2.45) is 11.8 Å². The van der Waals surface area contributed by atoms with Crippen LogP contribution in [0, 0.1) is 11.8 Å². The first-order chi connectivity index (χ1) is 9.72. The highest BCUT2D eigenvalue weighted by atomic mass is 16.6. The molecule has 3 rings (SSSR count). The van der Waals surface area contributed by atoms with Crippen LogP contribution in [0.4, 0.5) is 0 Å². The molecule has 0 radical (unpaired) electrons. The fraction of sp³-hybridized carbons (Fsp3) is 0.857. The number of ether oxygens (including phenoxy) is 4. The fourth-order valence-electron chi connectivity index (χ4n) is 2.48. The molecule has 0 amide bonds. The summed E-state index contributed by atoms with van der Waals surface area (Å²) >= 11 is 0. The first-order valence-electron chi connectivity index (χ1n) is 7.29. The molecule has 1 aliphatic carbocycles. The second kappa shape index (κ2) is 6.10. The van der Waals surface area contributed by atoms with Gasteiger partial charge in [0, 0.05) is 0 Å². The van der Waals surface area contributed by atoms with Gasteiger partial charge in [-0.15, -0.1) is 0 Å². The van der Waals surface area contributed by atoms with Gasteiger partial charge in [0.15, 0.2) is 0 Å². The zero-order valence-corrected chi connectivity index (χ0v) is 11.4. The van der Waals surface area contributed by atoms with Crippen molar-refractivity contribution < 1.29 is 28.5 Å². The van der Waals surface area contributed by atoms with E-state index in [1.807, 2.05) is 0 Å². The molecule has 112 valence electrons. The summed E-state index contributed by atoms with van der Waals surface area (Å²) in [5.74, 6) is -0.466. The van der Waals surface area contributed by atoms with Gasteiger partial charge < -0.3 is 18.9 Å². The monoisotopic (exact) mass is 284 g/mol. The standard InChI is InChI=1S/C14H20O6/c15-13(19-7-11-5-17-11)9-1-2-10(4-3-9)14(16)20-8-12-6-18-12/h9-12H,1-8H2/t9?,10?,11-,12+. The number of hydrogen-bond acceptors (Lipinski definition) is 6. The predicted molar refractivity (Wildman–Crippen MR) is 66.8 cm³/mol. The van der Waals surface area contributed by atoms with Crippen LogP contribution in [0.25, 0.3) is 0 Å². The average molecular weight is 284 g/mol. The van der Waals surface area contributed by atoms with Gasteiger partial charge in [-0.1, -0.05) is 0 Å². The van der Waals surface area contributed by atoms with Crippen molar-refractivity contribution in [1.82, 2.24) is 0 Å². The number of epoxide rings is 2. The van der Waals surface area contributed by atoms with Crippen LogP contribution >= 0.6 is 0 Å². The van der Waals surface area contributed by atoms with Crippen LogP contribution in [0.15, 0.2) is 0 Å². The van der Waals surface area contributed by atoms with Gasteiger partial charge in [-0.05, 0) is 25.7 Å². The Balaban J connectivity index is 1.34. The summed E-state index contributed by atoms with van der Waals surface area (Å²) in [5.41, 5.74) is 0. The molecule has 0 bridgehead atoms. The Morgan fingerprint density at radius 2 is 1.15 bits per heavy atom. The Bertz CT molecular complexity index is 330. The molecular weight excluding hydrogens is 264 g/mol. The van der Waals surface area contributed by atoms with Crippen LogP contribution in [0.2, 0.25) is 0 Å². The third kappa shape index (κ3) is 3.93. The number of esters is 2. The van der Waals surface area contributed by atoms with Crippen LogP contribution in [0.1, 0.15) is 25.7 Å². The maximum absolute atomic E-state index is 11.8. The molecule has 6 heteroatoms. The van der Waals surface area contributed by atoms with Gasteiger partial charge in [-0.3, -0.25) is 9.59 Å². The van der Waals surface area contributed by atoms with Crippen LogP contribution in [0.5, 0.6) is 0 Å². The van der Waals surface area contributed by atoms with E-state index in [2.05, 4.69) is 0 Å². The van der Waals surface area contributed by atoms with E-state index in [0.29, 0.717) is 52.1 Å². The highest BCUT2D eigenvalue weighted by Gasteiger charge is 2.34. The highest BCUT2D eigenvalue weighted by molar-refractivity contribution is 5.75. The van der Waals surface area contributed by atoms with Gasteiger partial charge in [-0.2, -0.15) is 0 Å². The van der Waals surface area contributed by atoms with E-state index in [0.717, 1.165) is 0 Å². The summed E-state index contributed by atoms with van der Waals surface area (Å²) in [4.78, 5) is 23.6. The SMILES string of the molecule is O=C(OC[C@@H]1CO1)C1CCC(C(=O)OC[C@H]2CO2)CC1. The molecule has 0 aromatic rings. The molecule has 1 saturated carbocycles. The smallest absolute Gasteiger partial charge is 0.309 e. The molecule has 6 nitrogen and oxygen atoms in total. The normalized spacial score (nSPS) is 35.2. The van der Waals surface area contributed by atoms with E-state index in [1.165, 1.54) is 0 Å². The van der Waals surface area contributed by atoms with Crippen LogP contribution in [-0.4, -0.2) is 50.6 Å². The minimum Gasteiger partial charge on any atom is -0.463 e. The fourth-order valence-corrected chi connectivity index (χ4v) is 2.48. The Morgan fingerprint density at radius 1 is 0.800 bits per heavy atom. The summed E-state index contributed by atoms with van der Waals surface area (Å²) in [7, 11) is 0. The maximum atomic E-state index is 11.8. The molecule has 0 spiro atoms. The number of hydrogen-bond donors (Lipinski definition) is 0. The largest absolute Gasteiger partial charge is 0.463 e. The molecular formula is C14H20O6. The van der Waals surface area contributed by atoms with Crippen LogP contribution < -0.4 is 0 Å². The van der Waals surface area contributed by atoms with Gasteiger partial charge in [0.1, 0.15) is 25.4 Å². The molecule has 2 atom stereocenters. The minimum absolute atomic E-state index is 0.0791. The van der Waals surface area contributed by atoms with Crippen molar-refractivity contribution in [3.63, 3.8) is 0 Å². The quantitative estimate of drug-likeness (QED) is 0.527. The lowest BCUT2D eigenvalue weighted by molar-refractivity contribution is -0.155. The van der Waals surface area contributed by atoms with Gasteiger partial charge in [0.25, 0.3) is 0 Å². The minimum atomic E-state index is -0.154. The molecule has 2 saturated heterocycles. The van der Waals surface area contributed by atoms with E-state index in [-0.39, 0.29) is 36.0 Å². The summed E-state index contributed by atoms with van der Waals surface area (Å²) in [5, 5.41) is 0. The summed E-state index contributed by atoms with van der Waals surface area (Å²) < 4.78 is 20.4. The summed E-state index contributed by atoms with van der Waals surface area (Å²) in [6.07, 6.45) is 3.01. The van der Waals surface area contributed by atoms with Crippen molar-refractivity contribution in [2.45, 2.75) is 37.9 Å². The molecule has 3 aliphatic rings. The third-order valence-corrected chi connectivity index (χ3v) is 4.02. The Morgan fingerprint density at radius 3 is 1.45 bits per heavy atom. The van der Waals surface area contributed by atoms with Crippen LogP contribution in [0.3, 0.4) is 0 Å². The molecule has 0 aromatic carbocycles. The second-order valence-electron chi connectivity index (χ2n) is 5.72. The van der Waals surface area contributed by atoms with E-state index in [4.69, 9.17) is 18.9 Å². The van der Waals surface area contributed by atoms with E-state index >= 15 is 0 Å². The zero-order valence-electron chi connectivity index (χ0n) is 11.4. The lowest BCUT2D eigenvalue weighted by Crippen LogP contribution is -2.29. The number of rotatable bonds is 6. The lowest BCUT2D eigenvalue weighted by atomic mass is 9.82. The number of carbonyl (C=O) groups is 2. The summed E-state index contributed by atoms with van der Waals surface area (Å²) in [6.45, 7) is 2.11. The zero-order chi connectivity index (χ0) is 13.9. The van der Waals surface area contributed by atoms with Gasteiger partial charge in [-0.25, -0.2) is 0 Å². The van der Waals surface area contributed by atoms with E-state index in [9.17, 15) is 9.59 Å². The van der Waals surface area contributed by atoms with Crippen molar-refractivity contribution >= 4 is 11.9 Å². The van der Waals surface area contributed by atoms with Crippen molar-refractivity contribution in [1.29, 1.82) is 0 Å². The first-order valence-corrected chi connectivity index (χ1v) is 7.29. The molecule has 3 fully saturated rings. The molecule has 0 unspecified atom stereocenters. The lowest BCUT2D eigenvalue weighted by Gasteiger charge is -2.25. The average Bonchev–Trinajstić information content (AvgIpc) is 3.37. The Kier molecular flexibility index (Phi) is 4.21. The Hall–Kier alpha value is -1.14. The molecule has 0 N–H and O–H groups in total. The third-order valence-electron chi connectivity index (χ3n) is 4.02. The van der Waals surface area contributed by atoms with Gasteiger partial charge >= 0.3 is 11.9 Å². The highest BCUT2D eigenvalue weighted by Crippen LogP contribution is 2.31. The molecule has 20 heavy (non-hydrogen) atoms. The van der Waals surface area contributed by atoms with Crippen LogP contribution in [-0.2, 0) is 28.5 Å². The Labute approximate surface area is 117 Å². The molecule has 2 aliphatic heterocycles. The van der Waals surface area contributed by atoms with Gasteiger partial charge in [0.05, 0.1) is 25.0 Å². The van der Waals surface area contributed by atoms with Crippen molar-refractivity contribution in [2.75, 3.05) is 26.4 Å². The van der Waals surface area contributed by atoms with Crippen molar-refractivity contribution in [3.05, 3.63) is 0 Å². The summed E-state index contributed by atoms with van der Waals surface area (Å²) in [6, 6.07) is 0. The second-order valence-corrected chi connectivity index (χ2v) is 5.72. The first kappa shape index (κ1) is 13.8. The molecule has 2 heterocycles.